The maximum Gasteiger partial charge on any atom is 0.510 e. The molecular weight excluding hydrogens is 526 g/mol. The fourth-order valence-electron chi connectivity index (χ4n) is 7.12. The van der Waals surface area contributed by atoms with Gasteiger partial charge in [-0.2, -0.15) is 26.3 Å². The topological polar surface area (TPSA) is 91.3 Å². The van der Waals surface area contributed by atoms with Gasteiger partial charge in [-0.3, -0.25) is 5.26 Å². The number of hydrogen-bond donors (Lipinski definition) is 1. The number of esters is 1. The first-order valence-electron chi connectivity index (χ1n) is 12.7. The SMILES string of the molecule is CCC(C)(COC(=O)C(OC(=O)OC(C)(C)C)(C(F)(F)F)C(F)(F)F)C(OO)C12CC3CC(CC(C3)C1)C2. The summed E-state index contributed by atoms with van der Waals surface area (Å²) in [5, 5.41) is 9.98. The molecule has 0 aromatic rings. The Morgan fingerprint density at radius 2 is 1.32 bits per heavy atom. The molecular formula is C25H36F6O7. The molecule has 4 aliphatic carbocycles. The van der Waals surface area contributed by atoms with Gasteiger partial charge in [-0.05, 0) is 83.5 Å². The van der Waals surface area contributed by atoms with Crippen LogP contribution in [-0.4, -0.2) is 53.6 Å². The number of ether oxygens (including phenoxy) is 3. The summed E-state index contributed by atoms with van der Waals surface area (Å²) in [6.45, 7) is 5.74. The van der Waals surface area contributed by atoms with Crippen molar-refractivity contribution in [3.05, 3.63) is 0 Å². The van der Waals surface area contributed by atoms with E-state index in [1.54, 1.807) is 6.92 Å². The second-order valence-electron chi connectivity index (χ2n) is 12.6. The van der Waals surface area contributed by atoms with E-state index in [9.17, 15) is 41.2 Å². The molecule has 0 saturated heterocycles. The van der Waals surface area contributed by atoms with Gasteiger partial charge in [0.1, 0.15) is 11.7 Å². The van der Waals surface area contributed by atoms with Crippen molar-refractivity contribution in [3.8, 4) is 0 Å². The smallest absolute Gasteiger partial charge is 0.462 e. The van der Waals surface area contributed by atoms with Crippen molar-refractivity contribution in [2.45, 2.75) is 109 Å². The van der Waals surface area contributed by atoms with Crippen molar-refractivity contribution in [1.29, 1.82) is 0 Å². The molecule has 0 spiro atoms. The summed E-state index contributed by atoms with van der Waals surface area (Å²) in [4.78, 5) is 29.5. The first-order valence-corrected chi connectivity index (χ1v) is 12.7. The van der Waals surface area contributed by atoms with E-state index in [1.165, 1.54) is 27.7 Å². The van der Waals surface area contributed by atoms with Crippen LogP contribution in [0.2, 0.25) is 0 Å². The fourth-order valence-corrected chi connectivity index (χ4v) is 7.12. The monoisotopic (exact) mass is 562 g/mol. The predicted octanol–water partition coefficient (Wildman–Crippen LogP) is 6.84. The fraction of sp³-hybridized carbons (Fsp3) is 0.920. The van der Waals surface area contributed by atoms with Crippen molar-refractivity contribution >= 4 is 12.1 Å². The standard InChI is InChI=1S/C25H36F6O7/c1-6-21(5,17(38-34)22-10-14-7-15(11-22)9-16(8-14)12-22)13-35-18(32)23(24(26,27)28,25(29,30)31)37-19(33)36-20(2,3)4/h14-17,34H,6-13H2,1-5H3. The lowest BCUT2D eigenvalue weighted by Gasteiger charge is -2.61. The summed E-state index contributed by atoms with van der Waals surface area (Å²) in [5.41, 5.74) is -9.01. The van der Waals surface area contributed by atoms with E-state index in [0.29, 0.717) is 37.0 Å². The van der Waals surface area contributed by atoms with E-state index < -0.39 is 59.2 Å². The summed E-state index contributed by atoms with van der Waals surface area (Å²) < 4.78 is 96.5. The molecule has 13 heteroatoms. The Morgan fingerprint density at radius 3 is 1.66 bits per heavy atom. The zero-order valence-electron chi connectivity index (χ0n) is 22.1. The number of carbonyl (C=O) groups is 2. The van der Waals surface area contributed by atoms with Crippen molar-refractivity contribution in [2.24, 2.45) is 28.6 Å². The molecule has 0 aromatic heterocycles. The van der Waals surface area contributed by atoms with Gasteiger partial charge in [-0.25, -0.2) is 14.5 Å². The highest BCUT2D eigenvalue weighted by Gasteiger charge is 2.81. The van der Waals surface area contributed by atoms with Gasteiger partial charge in [-0.1, -0.05) is 13.8 Å². The third kappa shape index (κ3) is 5.59. The number of alkyl halides is 6. The van der Waals surface area contributed by atoms with Crippen molar-refractivity contribution in [1.82, 2.24) is 0 Å². The van der Waals surface area contributed by atoms with Crippen molar-refractivity contribution in [2.75, 3.05) is 6.61 Å². The van der Waals surface area contributed by atoms with Crippen LogP contribution in [0.15, 0.2) is 0 Å². The second kappa shape index (κ2) is 10.0. The molecule has 4 aliphatic rings. The Hall–Kier alpha value is -1.76. The average molecular weight is 563 g/mol. The number of halogens is 6. The average Bonchev–Trinajstić information content (AvgIpc) is 2.72. The number of hydrogen-bond acceptors (Lipinski definition) is 7. The summed E-state index contributed by atoms with van der Waals surface area (Å²) in [6, 6.07) is 0. The van der Waals surface area contributed by atoms with E-state index in [2.05, 4.69) is 9.47 Å². The van der Waals surface area contributed by atoms with Crippen LogP contribution in [0, 0.1) is 28.6 Å². The van der Waals surface area contributed by atoms with Gasteiger partial charge in [-0.15, -0.1) is 0 Å². The van der Waals surface area contributed by atoms with Crippen LogP contribution in [0.1, 0.15) is 79.6 Å². The van der Waals surface area contributed by atoms with Gasteiger partial charge < -0.3 is 14.2 Å². The van der Waals surface area contributed by atoms with Gasteiger partial charge in [0.15, 0.2) is 0 Å². The Bertz CT molecular complexity index is 845. The molecule has 4 rings (SSSR count). The molecule has 2 unspecified atom stereocenters. The molecule has 1 N–H and O–H groups in total. The third-order valence-electron chi connectivity index (χ3n) is 8.43. The zero-order chi connectivity index (χ0) is 28.9. The summed E-state index contributed by atoms with van der Waals surface area (Å²) in [5.74, 6) is -1.67. The molecule has 0 aliphatic heterocycles. The van der Waals surface area contributed by atoms with E-state index >= 15 is 0 Å². The second-order valence-corrected chi connectivity index (χ2v) is 12.6. The minimum Gasteiger partial charge on any atom is -0.462 e. The van der Waals surface area contributed by atoms with Crippen LogP contribution >= 0.6 is 0 Å². The van der Waals surface area contributed by atoms with E-state index in [1.807, 2.05) is 0 Å². The molecule has 4 fully saturated rings. The van der Waals surface area contributed by atoms with Crippen LogP contribution in [0.5, 0.6) is 0 Å². The van der Waals surface area contributed by atoms with Crippen molar-refractivity contribution in [3.63, 3.8) is 0 Å². The quantitative estimate of drug-likeness (QED) is 0.150. The van der Waals surface area contributed by atoms with Gasteiger partial charge in [0.25, 0.3) is 0 Å². The van der Waals surface area contributed by atoms with E-state index in [0.717, 1.165) is 19.3 Å². The van der Waals surface area contributed by atoms with Crippen LogP contribution in [0.25, 0.3) is 0 Å². The first-order chi connectivity index (χ1) is 17.2. The summed E-state index contributed by atoms with van der Waals surface area (Å²) >= 11 is 0. The lowest BCUT2D eigenvalue weighted by atomic mass is 9.46. The molecule has 0 heterocycles. The maximum absolute atomic E-state index is 13.9. The molecule has 0 aromatic carbocycles. The van der Waals surface area contributed by atoms with Crippen molar-refractivity contribution < 1.29 is 60.3 Å². The molecule has 220 valence electrons. The highest BCUT2D eigenvalue weighted by molar-refractivity contribution is 5.84. The Balaban J connectivity index is 1.89. The third-order valence-corrected chi connectivity index (χ3v) is 8.43. The predicted molar refractivity (Wildman–Crippen MR) is 120 cm³/mol. The summed E-state index contributed by atoms with van der Waals surface area (Å²) in [7, 11) is 0. The Kier molecular flexibility index (Phi) is 8.11. The number of carbonyl (C=O) groups excluding carboxylic acids is 2. The maximum atomic E-state index is 13.9. The summed E-state index contributed by atoms with van der Waals surface area (Å²) in [6.07, 6.45) is -10.9. The lowest BCUT2D eigenvalue weighted by molar-refractivity contribution is -0.363. The van der Waals surface area contributed by atoms with Gasteiger partial charge in [0.05, 0.1) is 6.61 Å². The van der Waals surface area contributed by atoms with Crippen LogP contribution in [-0.2, 0) is 23.9 Å². The van der Waals surface area contributed by atoms with Crippen LogP contribution < -0.4 is 0 Å². The first kappa shape index (κ1) is 30.8. The minimum absolute atomic E-state index is 0.102. The van der Waals surface area contributed by atoms with E-state index in [4.69, 9.17) is 9.62 Å². The highest BCUT2D eigenvalue weighted by Crippen LogP contribution is 2.64. The largest absolute Gasteiger partial charge is 0.510 e. The number of rotatable bonds is 8. The Labute approximate surface area is 217 Å². The van der Waals surface area contributed by atoms with Gasteiger partial charge in [0.2, 0.25) is 0 Å². The zero-order valence-corrected chi connectivity index (χ0v) is 22.1. The van der Waals surface area contributed by atoms with Gasteiger partial charge in [0, 0.05) is 10.8 Å². The highest BCUT2D eigenvalue weighted by atomic mass is 19.4. The molecule has 0 amide bonds. The molecule has 2 atom stereocenters. The lowest BCUT2D eigenvalue weighted by Crippen LogP contribution is -2.66. The van der Waals surface area contributed by atoms with E-state index in [-0.39, 0.29) is 6.42 Å². The molecule has 7 nitrogen and oxygen atoms in total. The minimum atomic E-state index is -6.42. The molecule has 4 bridgehead atoms. The molecule has 0 radical (unpaired) electrons. The molecule has 4 saturated carbocycles. The van der Waals surface area contributed by atoms with Crippen LogP contribution in [0.3, 0.4) is 0 Å². The van der Waals surface area contributed by atoms with Crippen LogP contribution in [0.4, 0.5) is 31.1 Å². The Morgan fingerprint density at radius 1 is 0.868 bits per heavy atom. The normalized spacial score (nSPS) is 29.9. The molecule has 38 heavy (non-hydrogen) atoms. The van der Waals surface area contributed by atoms with Gasteiger partial charge >= 0.3 is 30.1 Å².